The van der Waals surface area contributed by atoms with E-state index >= 15 is 0 Å². The van der Waals surface area contributed by atoms with Crippen molar-refractivity contribution >= 4 is 17.5 Å². The maximum absolute atomic E-state index is 11.3. The molecule has 0 spiro atoms. The van der Waals surface area contributed by atoms with Gasteiger partial charge in [0.2, 0.25) is 5.91 Å². The highest BCUT2D eigenvalue weighted by Gasteiger charge is 2.17. The Morgan fingerprint density at radius 3 is 2.81 bits per heavy atom. The Morgan fingerprint density at radius 1 is 1.44 bits per heavy atom. The lowest BCUT2D eigenvalue weighted by Gasteiger charge is -2.26. The molecule has 0 unspecified atom stereocenters. The van der Waals surface area contributed by atoms with E-state index in [0.717, 1.165) is 18.8 Å². The molecule has 1 amide bonds. The quantitative estimate of drug-likeness (QED) is 0.778. The number of amides is 1. The average molecular weight is 219 g/mol. The van der Waals surface area contributed by atoms with E-state index in [0.29, 0.717) is 18.5 Å². The van der Waals surface area contributed by atoms with Gasteiger partial charge in [-0.2, -0.15) is 0 Å². The number of anilines is 1. The molecule has 5 heteroatoms. The number of nitrogens with zero attached hydrogens (tertiary/aromatic N) is 2. The standard InChI is InChI=1S/C11H13N3O2/c12-11(16)8-3-4-10(13-6-8)14-5-1-2-9(15)7-14/h3-4,6H,1-2,5,7H2,(H2,12,16). The van der Waals surface area contributed by atoms with Gasteiger partial charge in [-0.25, -0.2) is 4.98 Å². The molecule has 1 aromatic rings. The number of nitrogens with two attached hydrogens (primary N) is 1. The van der Waals surface area contributed by atoms with Crippen LogP contribution in [0.1, 0.15) is 23.2 Å². The minimum absolute atomic E-state index is 0.229. The molecule has 0 atom stereocenters. The van der Waals surface area contributed by atoms with Crippen molar-refractivity contribution in [2.24, 2.45) is 5.73 Å². The molecular formula is C11H13N3O2. The normalized spacial score (nSPS) is 16.2. The van der Waals surface area contributed by atoms with Crippen molar-refractivity contribution < 1.29 is 9.59 Å². The van der Waals surface area contributed by atoms with Crippen LogP contribution in [0.2, 0.25) is 0 Å². The lowest BCUT2D eigenvalue weighted by atomic mass is 10.1. The number of Topliss-reactive ketones (excluding diaryl/α,β-unsaturated/α-hetero) is 1. The molecule has 0 bridgehead atoms. The summed E-state index contributed by atoms with van der Waals surface area (Å²) in [6.45, 7) is 1.23. The maximum Gasteiger partial charge on any atom is 0.250 e. The molecule has 5 nitrogen and oxygen atoms in total. The fourth-order valence-electron chi connectivity index (χ4n) is 1.75. The number of rotatable bonds is 2. The van der Waals surface area contributed by atoms with Gasteiger partial charge in [-0.05, 0) is 18.6 Å². The molecule has 1 aliphatic rings. The third kappa shape index (κ3) is 2.18. The van der Waals surface area contributed by atoms with Crippen molar-refractivity contribution in [3.05, 3.63) is 23.9 Å². The molecule has 1 saturated heterocycles. The molecule has 0 saturated carbocycles. The molecular weight excluding hydrogens is 206 g/mol. The van der Waals surface area contributed by atoms with E-state index in [2.05, 4.69) is 4.98 Å². The number of carbonyl (C=O) groups excluding carboxylic acids is 2. The van der Waals surface area contributed by atoms with Crippen LogP contribution < -0.4 is 10.6 Å². The highest BCUT2D eigenvalue weighted by atomic mass is 16.1. The number of hydrogen-bond donors (Lipinski definition) is 1. The lowest BCUT2D eigenvalue weighted by Crippen LogP contribution is -2.36. The maximum atomic E-state index is 11.3. The highest BCUT2D eigenvalue weighted by Crippen LogP contribution is 2.15. The molecule has 2 rings (SSSR count). The molecule has 0 aliphatic carbocycles. The van der Waals surface area contributed by atoms with E-state index < -0.39 is 5.91 Å². The zero-order valence-corrected chi connectivity index (χ0v) is 8.85. The second kappa shape index (κ2) is 4.30. The molecule has 2 heterocycles. The monoisotopic (exact) mass is 219 g/mol. The summed E-state index contributed by atoms with van der Waals surface area (Å²) in [6.07, 6.45) is 2.95. The Balaban J connectivity index is 2.14. The summed E-state index contributed by atoms with van der Waals surface area (Å²) in [5, 5.41) is 0. The van der Waals surface area contributed by atoms with E-state index in [1.54, 1.807) is 12.1 Å². The van der Waals surface area contributed by atoms with Gasteiger partial charge in [0.05, 0.1) is 12.1 Å². The molecule has 16 heavy (non-hydrogen) atoms. The second-order valence-corrected chi connectivity index (χ2v) is 3.83. The molecule has 0 aromatic carbocycles. The molecule has 1 aromatic heterocycles. The summed E-state index contributed by atoms with van der Waals surface area (Å²) < 4.78 is 0. The minimum atomic E-state index is -0.492. The van der Waals surface area contributed by atoms with E-state index in [1.165, 1.54) is 6.20 Å². The SMILES string of the molecule is NC(=O)c1ccc(N2CCCC(=O)C2)nc1. The average Bonchev–Trinajstić information content (AvgIpc) is 2.29. The van der Waals surface area contributed by atoms with Gasteiger partial charge >= 0.3 is 0 Å². The first-order chi connectivity index (χ1) is 7.66. The second-order valence-electron chi connectivity index (χ2n) is 3.83. The summed E-state index contributed by atoms with van der Waals surface area (Å²) in [5.41, 5.74) is 5.50. The van der Waals surface area contributed by atoms with E-state index in [9.17, 15) is 9.59 Å². The first-order valence-electron chi connectivity index (χ1n) is 5.19. The molecule has 1 aliphatic heterocycles. The molecule has 2 N–H and O–H groups in total. The smallest absolute Gasteiger partial charge is 0.250 e. The zero-order valence-electron chi connectivity index (χ0n) is 8.85. The fraction of sp³-hybridized carbons (Fsp3) is 0.364. The van der Waals surface area contributed by atoms with Gasteiger partial charge in [-0.15, -0.1) is 0 Å². The first-order valence-corrected chi connectivity index (χ1v) is 5.19. The fourth-order valence-corrected chi connectivity index (χ4v) is 1.75. The molecule has 84 valence electrons. The number of aromatic nitrogens is 1. The Kier molecular flexibility index (Phi) is 2.85. The minimum Gasteiger partial charge on any atom is -0.366 e. The van der Waals surface area contributed by atoms with Crippen LogP contribution in [-0.4, -0.2) is 29.8 Å². The Labute approximate surface area is 93.3 Å². The van der Waals surface area contributed by atoms with Crippen LogP contribution in [0.15, 0.2) is 18.3 Å². The first kappa shape index (κ1) is 10.6. The van der Waals surface area contributed by atoms with Crippen molar-refractivity contribution in [3.8, 4) is 0 Å². The summed E-state index contributed by atoms with van der Waals surface area (Å²) in [6, 6.07) is 3.35. The van der Waals surface area contributed by atoms with Crippen LogP contribution in [0.3, 0.4) is 0 Å². The van der Waals surface area contributed by atoms with E-state index in [4.69, 9.17) is 5.73 Å². The Morgan fingerprint density at radius 2 is 2.25 bits per heavy atom. The van der Waals surface area contributed by atoms with Gasteiger partial charge in [0.15, 0.2) is 5.78 Å². The van der Waals surface area contributed by atoms with Gasteiger partial charge < -0.3 is 10.6 Å². The third-order valence-corrected chi connectivity index (χ3v) is 2.61. The number of primary amides is 1. The van der Waals surface area contributed by atoms with Crippen molar-refractivity contribution in [1.82, 2.24) is 4.98 Å². The number of ketones is 1. The van der Waals surface area contributed by atoms with E-state index in [-0.39, 0.29) is 5.78 Å². The van der Waals surface area contributed by atoms with Crippen LogP contribution in [0.4, 0.5) is 5.82 Å². The van der Waals surface area contributed by atoms with Crippen LogP contribution >= 0.6 is 0 Å². The van der Waals surface area contributed by atoms with Crippen molar-refractivity contribution in [2.45, 2.75) is 12.8 Å². The van der Waals surface area contributed by atoms with Crippen LogP contribution in [0, 0.1) is 0 Å². The summed E-state index contributed by atoms with van der Waals surface area (Å²) in [5.74, 6) is 0.457. The number of carbonyl (C=O) groups is 2. The van der Waals surface area contributed by atoms with Crippen molar-refractivity contribution in [1.29, 1.82) is 0 Å². The molecule has 1 fully saturated rings. The zero-order chi connectivity index (χ0) is 11.5. The van der Waals surface area contributed by atoms with Gasteiger partial charge in [-0.1, -0.05) is 0 Å². The summed E-state index contributed by atoms with van der Waals surface area (Å²) >= 11 is 0. The van der Waals surface area contributed by atoms with Gasteiger partial charge in [0, 0.05) is 19.2 Å². The van der Waals surface area contributed by atoms with Gasteiger partial charge in [0.25, 0.3) is 0 Å². The Bertz CT molecular complexity index is 414. The summed E-state index contributed by atoms with van der Waals surface area (Å²) in [7, 11) is 0. The van der Waals surface area contributed by atoms with Crippen molar-refractivity contribution in [3.63, 3.8) is 0 Å². The van der Waals surface area contributed by atoms with Gasteiger partial charge in [-0.3, -0.25) is 9.59 Å². The Hall–Kier alpha value is -1.91. The highest BCUT2D eigenvalue weighted by molar-refractivity contribution is 5.92. The lowest BCUT2D eigenvalue weighted by molar-refractivity contribution is -0.118. The van der Waals surface area contributed by atoms with Crippen LogP contribution in [0.5, 0.6) is 0 Å². The van der Waals surface area contributed by atoms with Crippen LogP contribution in [-0.2, 0) is 4.79 Å². The molecule has 0 radical (unpaired) electrons. The summed E-state index contributed by atoms with van der Waals surface area (Å²) in [4.78, 5) is 28.2. The van der Waals surface area contributed by atoms with Crippen LogP contribution in [0.25, 0.3) is 0 Å². The van der Waals surface area contributed by atoms with Crippen molar-refractivity contribution in [2.75, 3.05) is 18.0 Å². The predicted octanol–water partition coefficient (Wildman–Crippen LogP) is 0.350. The third-order valence-electron chi connectivity index (χ3n) is 2.61. The number of hydrogen-bond acceptors (Lipinski definition) is 4. The number of piperidine rings is 1. The van der Waals surface area contributed by atoms with Gasteiger partial charge in [0.1, 0.15) is 5.82 Å². The largest absolute Gasteiger partial charge is 0.366 e. The van der Waals surface area contributed by atoms with E-state index in [1.807, 2.05) is 4.90 Å². The predicted molar refractivity (Wildman–Crippen MR) is 59.2 cm³/mol. The number of pyridine rings is 1. The topological polar surface area (TPSA) is 76.3 Å².